The van der Waals surface area contributed by atoms with Crippen LogP contribution in [0.2, 0.25) is 0 Å². The predicted octanol–water partition coefficient (Wildman–Crippen LogP) is 3.69. The molecule has 102 valence electrons. The molecule has 0 unspecified atom stereocenters. The maximum Gasteiger partial charge on any atom is 0.252 e. The fourth-order valence-electron chi connectivity index (χ4n) is 2.15. The van der Waals surface area contributed by atoms with E-state index in [2.05, 4.69) is 0 Å². The number of thioether (sulfide) groups is 1. The molecule has 5 heteroatoms. The molecule has 3 nitrogen and oxygen atoms in total. The van der Waals surface area contributed by atoms with E-state index in [0.717, 1.165) is 10.6 Å². The summed E-state index contributed by atoms with van der Waals surface area (Å²) in [6.45, 7) is 7.75. The molecule has 0 radical (unpaired) electrons. The Hall–Kier alpha value is -1.00. The van der Waals surface area contributed by atoms with Crippen LogP contribution in [-0.2, 0) is 4.79 Å². The van der Waals surface area contributed by atoms with E-state index in [-0.39, 0.29) is 11.9 Å². The first-order valence-electron chi connectivity index (χ1n) is 6.10. The van der Waals surface area contributed by atoms with E-state index in [1.807, 2.05) is 27.7 Å². The maximum absolute atomic E-state index is 12.5. The topological polar surface area (TPSA) is 37.4 Å². The second kappa shape index (κ2) is 4.84. The van der Waals surface area contributed by atoms with Gasteiger partial charge < -0.3 is 4.90 Å². The maximum atomic E-state index is 12.5. The zero-order valence-corrected chi connectivity index (χ0v) is 12.9. The summed E-state index contributed by atoms with van der Waals surface area (Å²) < 4.78 is -0.536. The lowest BCUT2D eigenvalue weighted by molar-refractivity contribution is -0.120. The van der Waals surface area contributed by atoms with Gasteiger partial charge in [-0.3, -0.25) is 9.59 Å². The van der Waals surface area contributed by atoms with Crippen molar-refractivity contribution >= 4 is 40.2 Å². The molecule has 1 aliphatic heterocycles. The number of benzene rings is 1. The van der Waals surface area contributed by atoms with Crippen molar-refractivity contribution < 1.29 is 9.59 Å². The first-order valence-corrected chi connectivity index (χ1v) is 7.30. The molecule has 0 N–H and O–H groups in total. The molecule has 0 saturated heterocycles. The molecule has 0 fully saturated rings. The molecule has 2 rings (SSSR count). The average Bonchev–Trinajstić information content (AvgIpc) is 2.28. The number of anilines is 1. The molecular formula is C14H16ClNO2S. The molecule has 0 bridgehead atoms. The van der Waals surface area contributed by atoms with Crippen molar-refractivity contribution in [3.8, 4) is 0 Å². The number of rotatable bonds is 2. The first kappa shape index (κ1) is 14.4. The SMILES string of the molecule is CC(C)N1C(=O)C(C)(C)Sc2cc(C(=O)Cl)ccc21. The van der Waals surface area contributed by atoms with Gasteiger partial charge in [0.2, 0.25) is 5.91 Å². The molecule has 0 atom stereocenters. The van der Waals surface area contributed by atoms with Crippen LogP contribution in [-0.4, -0.2) is 21.9 Å². The lowest BCUT2D eigenvalue weighted by Gasteiger charge is -2.40. The van der Waals surface area contributed by atoms with Gasteiger partial charge in [0, 0.05) is 16.5 Å². The molecule has 0 aromatic heterocycles. The minimum Gasteiger partial charge on any atom is -0.308 e. The molecule has 0 aliphatic carbocycles. The van der Waals surface area contributed by atoms with Gasteiger partial charge in [-0.1, -0.05) is 0 Å². The van der Waals surface area contributed by atoms with Crippen LogP contribution in [0.3, 0.4) is 0 Å². The summed E-state index contributed by atoms with van der Waals surface area (Å²) in [7, 11) is 0. The molecule has 1 amide bonds. The molecule has 19 heavy (non-hydrogen) atoms. The summed E-state index contributed by atoms with van der Waals surface area (Å²) in [6, 6.07) is 5.30. The van der Waals surface area contributed by atoms with Crippen LogP contribution in [0.4, 0.5) is 5.69 Å². The van der Waals surface area contributed by atoms with E-state index in [9.17, 15) is 9.59 Å². The van der Waals surface area contributed by atoms with Crippen molar-refractivity contribution in [2.24, 2.45) is 0 Å². The molecule has 1 aromatic rings. The number of nitrogens with zero attached hydrogens (tertiary/aromatic N) is 1. The summed E-state index contributed by atoms with van der Waals surface area (Å²) in [5.74, 6) is 0.0879. The second-order valence-corrected chi connectivity index (χ2v) is 7.35. The van der Waals surface area contributed by atoms with E-state index in [0.29, 0.717) is 5.56 Å². The van der Waals surface area contributed by atoms with Crippen molar-refractivity contribution in [2.75, 3.05) is 4.90 Å². The van der Waals surface area contributed by atoms with Crippen LogP contribution in [0.15, 0.2) is 23.1 Å². The van der Waals surface area contributed by atoms with E-state index in [1.54, 1.807) is 23.1 Å². The van der Waals surface area contributed by atoms with Gasteiger partial charge in [0.15, 0.2) is 0 Å². The second-order valence-electron chi connectivity index (χ2n) is 5.34. The Balaban J connectivity index is 2.58. The minimum atomic E-state index is -0.536. The smallest absolute Gasteiger partial charge is 0.252 e. The summed E-state index contributed by atoms with van der Waals surface area (Å²) in [5.41, 5.74) is 1.31. The molecular weight excluding hydrogens is 282 g/mol. The lowest BCUT2D eigenvalue weighted by Crippen LogP contribution is -2.49. The summed E-state index contributed by atoms with van der Waals surface area (Å²) in [5, 5.41) is -0.478. The quantitative estimate of drug-likeness (QED) is 0.781. The van der Waals surface area contributed by atoms with Gasteiger partial charge in [-0.05, 0) is 57.5 Å². The van der Waals surface area contributed by atoms with E-state index in [4.69, 9.17) is 11.6 Å². The highest BCUT2D eigenvalue weighted by Crippen LogP contribution is 2.46. The summed E-state index contributed by atoms with van der Waals surface area (Å²) in [6.07, 6.45) is 0. The Labute approximate surface area is 122 Å². The lowest BCUT2D eigenvalue weighted by atomic mass is 10.1. The number of halogens is 1. The standard InChI is InChI=1S/C14H16ClNO2S/c1-8(2)16-10-6-5-9(12(15)17)7-11(10)19-14(3,4)13(16)18/h5-8H,1-4H3. The van der Waals surface area contributed by atoms with Gasteiger partial charge in [0.05, 0.1) is 10.4 Å². The molecule has 0 spiro atoms. The summed E-state index contributed by atoms with van der Waals surface area (Å²) >= 11 is 6.99. The van der Waals surface area contributed by atoms with Crippen LogP contribution in [0.25, 0.3) is 0 Å². The van der Waals surface area contributed by atoms with Crippen molar-refractivity contribution in [1.29, 1.82) is 0 Å². The molecule has 0 saturated carbocycles. The van der Waals surface area contributed by atoms with Gasteiger partial charge >= 0.3 is 0 Å². The number of fused-ring (bicyclic) bond motifs is 1. The van der Waals surface area contributed by atoms with Crippen LogP contribution in [0.5, 0.6) is 0 Å². The van der Waals surface area contributed by atoms with Crippen molar-refractivity contribution in [2.45, 2.75) is 43.4 Å². The number of hydrogen-bond acceptors (Lipinski definition) is 3. The highest BCUT2D eigenvalue weighted by atomic mass is 35.5. The first-order chi connectivity index (χ1) is 8.74. The highest BCUT2D eigenvalue weighted by Gasteiger charge is 2.40. The third-order valence-electron chi connectivity index (χ3n) is 3.06. The van der Waals surface area contributed by atoms with Crippen molar-refractivity contribution in [3.63, 3.8) is 0 Å². The number of carbonyl (C=O) groups excluding carboxylic acids is 2. The largest absolute Gasteiger partial charge is 0.308 e. The Morgan fingerprint density at radius 1 is 1.37 bits per heavy atom. The van der Waals surface area contributed by atoms with E-state index >= 15 is 0 Å². The average molecular weight is 298 g/mol. The highest BCUT2D eigenvalue weighted by molar-refractivity contribution is 8.01. The van der Waals surface area contributed by atoms with Gasteiger partial charge in [-0.15, -0.1) is 11.8 Å². The fraction of sp³-hybridized carbons (Fsp3) is 0.429. The number of amides is 1. The summed E-state index contributed by atoms with van der Waals surface area (Å²) in [4.78, 5) is 26.4. The fourth-order valence-corrected chi connectivity index (χ4v) is 3.46. The Kier molecular flexibility index (Phi) is 3.67. The van der Waals surface area contributed by atoms with Crippen LogP contribution >= 0.6 is 23.4 Å². The van der Waals surface area contributed by atoms with Crippen LogP contribution in [0, 0.1) is 0 Å². The Bertz CT molecular complexity index is 554. The number of hydrogen-bond donors (Lipinski definition) is 0. The third kappa shape index (κ3) is 2.51. The third-order valence-corrected chi connectivity index (χ3v) is 4.51. The van der Waals surface area contributed by atoms with Crippen molar-refractivity contribution in [3.05, 3.63) is 23.8 Å². The zero-order valence-electron chi connectivity index (χ0n) is 11.4. The normalized spacial score (nSPS) is 17.6. The minimum absolute atomic E-state index is 0.0731. The molecule has 1 heterocycles. The van der Waals surface area contributed by atoms with Gasteiger partial charge in [-0.25, -0.2) is 0 Å². The van der Waals surface area contributed by atoms with Gasteiger partial charge in [0.1, 0.15) is 0 Å². The van der Waals surface area contributed by atoms with Gasteiger partial charge in [-0.2, -0.15) is 0 Å². The monoisotopic (exact) mass is 297 g/mol. The van der Waals surface area contributed by atoms with Crippen LogP contribution < -0.4 is 4.90 Å². The Morgan fingerprint density at radius 3 is 2.53 bits per heavy atom. The molecule has 1 aromatic carbocycles. The zero-order chi connectivity index (χ0) is 14.4. The van der Waals surface area contributed by atoms with Gasteiger partial charge in [0.25, 0.3) is 5.24 Å². The molecule has 1 aliphatic rings. The Morgan fingerprint density at radius 2 is 2.00 bits per heavy atom. The van der Waals surface area contributed by atoms with Crippen molar-refractivity contribution in [1.82, 2.24) is 0 Å². The number of carbonyl (C=O) groups is 2. The van der Waals surface area contributed by atoms with Crippen LogP contribution in [0.1, 0.15) is 38.1 Å². The predicted molar refractivity (Wildman–Crippen MR) is 79.2 cm³/mol. The van der Waals surface area contributed by atoms with E-state index < -0.39 is 9.99 Å². The van der Waals surface area contributed by atoms with E-state index in [1.165, 1.54) is 11.8 Å².